The lowest BCUT2D eigenvalue weighted by Crippen LogP contribution is -2.25. The highest BCUT2D eigenvalue weighted by molar-refractivity contribution is 9.10. The molecule has 0 radical (unpaired) electrons. The van der Waals surface area contributed by atoms with Gasteiger partial charge < -0.3 is 5.32 Å². The molecular formula is C16H24BrN. The first-order valence-corrected chi connectivity index (χ1v) is 8.04. The third-order valence-electron chi connectivity index (χ3n) is 4.06. The monoisotopic (exact) mass is 309 g/mol. The molecule has 0 aromatic heterocycles. The van der Waals surface area contributed by atoms with Crippen LogP contribution in [0.1, 0.15) is 57.1 Å². The van der Waals surface area contributed by atoms with Crippen LogP contribution in [0.5, 0.6) is 0 Å². The van der Waals surface area contributed by atoms with Crippen molar-refractivity contribution in [2.45, 2.75) is 51.5 Å². The van der Waals surface area contributed by atoms with Crippen molar-refractivity contribution in [3.05, 3.63) is 34.3 Å². The van der Waals surface area contributed by atoms with E-state index >= 15 is 0 Å². The molecule has 0 unspecified atom stereocenters. The zero-order chi connectivity index (χ0) is 12.8. The Morgan fingerprint density at radius 1 is 1.17 bits per heavy atom. The molecule has 1 atom stereocenters. The van der Waals surface area contributed by atoms with Crippen molar-refractivity contribution < 1.29 is 0 Å². The van der Waals surface area contributed by atoms with Gasteiger partial charge in [-0.1, -0.05) is 59.8 Å². The second-order valence-corrected chi connectivity index (χ2v) is 6.36. The van der Waals surface area contributed by atoms with Crippen LogP contribution >= 0.6 is 15.9 Å². The van der Waals surface area contributed by atoms with E-state index in [9.17, 15) is 0 Å². The van der Waals surface area contributed by atoms with Crippen molar-refractivity contribution in [3.8, 4) is 0 Å². The lowest BCUT2D eigenvalue weighted by atomic mass is 9.99. The fourth-order valence-corrected chi connectivity index (χ4v) is 3.48. The summed E-state index contributed by atoms with van der Waals surface area (Å²) in [5, 5.41) is 3.71. The van der Waals surface area contributed by atoms with Gasteiger partial charge in [-0.2, -0.15) is 0 Å². The molecule has 1 saturated carbocycles. The summed E-state index contributed by atoms with van der Waals surface area (Å²) in [6.45, 7) is 3.43. The molecule has 2 heteroatoms. The largest absolute Gasteiger partial charge is 0.310 e. The highest BCUT2D eigenvalue weighted by Gasteiger charge is 2.14. The third-order valence-corrected chi connectivity index (χ3v) is 4.78. The van der Waals surface area contributed by atoms with E-state index in [-0.39, 0.29) is 0 Å². The Morgan fingerprint density at radius 2 is 1.83 bits per heavy atom. The van der Waals surface area contributed by atoms with Gasteiger partial charge in [0.25, 0.3) is 0 Å². The fourth-order valence-electron chi connectivity index (χ4n) is 2.85. The number of hydrogen-bond donors (Lipinski definition) is 1. The van der Waals surface area contributed by atoms with Crippen LogP contribution in [0.25, 0.3) is 0 Å². The average molecular weight is 310 g/mol. The maximum absolute atomic E-state index is 3.71. The Labute approximate surface area is 119 Å². The van der Waals surface area contributed by atoms with Crippen molar-refractivity contribution in [2.24, 2.45) is 5.92 Å². The number of benzene rings is 1. The van der Waals surface area contributed by atoms with Gasteiger partial charge in [-0.05, 0) is 43.9 Å². The van der Waals surface area contributed by atoms with Gasteiger partial charge in [0.1, 0.15) is 0 Å². The molecule has 1 fully saturated rings. The Morgan fingerprint density at radius 3 is 2.50 bits per heavy atom. The average Bonchev–Trinajstić information content (AvgIpc) is 2.65. The van der Waals surface area contributed by atoms with Gasteiger partial charge in [0.05, 0.1) is 0 Å². The summed E-state index contributed by atoms with van der Waals surface area (Å²) in [6, 6.07) is 8.95. The second kappa shape index (κ2) is 7.30. The molecule has 0 aliphatic heterocycles. The van der Waals surface area contributed by atoms with Gasteiger partial charge in [0.2, 0.25) is 0 Å². The summed E-state index contributed by atoms with van der Waals surface area (Å²) < 4.78 is 1.21. The molecule has 100 valence electrons. The number of rotatable bonds is 4. The second-order valence-electron chi connectivity index (χ2n) is 5.51. The summed E-state index contributed by atoms with van der Waals surface area (Å²) in [5.74, 6) is 0.887. The fraction of sp³-hybridized carbons (Fsp3) is 0.625. The van der Waals surface area contributed by atoms with E-state index in [2.05, 4.69) is 52.4 Å². The highest BCUT2D eigenvalue weighted by Crippen LogP contribution is 2.25. The summed E-state index contributed by atoms with van der Waals surface area (Å²) in [6.07, 6.45) is 8.56. The number of halogens is 1. The van der Waals surface area contributed by atoms with Crippen LogP contribution in [0.15, 0.2) is 28.7 Å². The summed E-state index contributed by atoms with van der Waals surface area (Å²) >= 11 is 3.64. The van der Waals surface area contributed by atoms with Crippen LogP contribution in [0, 0.1) is 5.92 Å². The predicted octanol–water partition coefficient (Wildman–Crippen LogP) is 5.07. The zero-order valence-electron chi connectivity index (χ0n) is 11.3. The van der Waals surface area contributed by atoms with E-state index in [0.717, 1.165) is 5.92 Å². The van der Waals surface area contributed by atoms with Gasteiger partial charge in [-0.25, -0.2) is 0 Å². The molecular weight excluding hydrogens is 286 g/mol. The maximum atomic E-state index is 3.71. The molecule has 1 aliphatic carbocycles. The first-order chi connectivity index (χ1) is 8.77. The zero-order valence-corrected chi connectivity index (χ0v) is 12.9. The molecule has 1 aromatic rings. The first kappa shape index (κ1) is 14.1. The van der Waals surface area contributed by atoms with Crippen LogP contribution in [0.4, 0.5) is 0 Å². The van der Waals surface area contributed by atoms with E-state index in [4.69, 9.17) is 0 Å². The molecule has 1 aliphatic rings. The SMILES string of the molecule is C[C@@H](NCC1CCCCCC1)c1ccccc1Br. The maximum Gasteiger partial charge on any atom is 0.0303 e. The molecule has 1 aromatic carbocycles. The van der Waals surface area contributed by atoms with Crippen molar-refractivity contribution in [3.63, 3.8) is 0 Å². The quantitative estimate of drug-likeness (QED) is 0.766. The van der Waals surface area contributed by atoms with Crippen molar-refractivity contribution in [1.29, 1.82) is 0 Å². The van der Waals surface area contributed by atoms with E-state index in [1.54, 1.807) is 0 Å². The Kier molecular flexibility index (Phi) is 5.71. The van der Waals surface area contributed by atoms with Gasteiger partial charge in [-0.3, -0.25) is 0 Å². The van der Waals surface area contributed by atoms with Crippen molar-refractivity contribution in [1.82, 2.24) is 5.32 Å². The van der Waals surface area contributed by atoms with Gasteiger partial charge in [0.15, 0.2) is 0 Å². The molecule has 1 N–H and O–H groups in total. The molecule has 0 saturated heterocycles. The van der Waals surface area contributed by atoms with Crippen LogP contribution in [0.3, 0.4) is 0 Å². The van der Waals surface area contributed by atoms with Gasteiger partial charge >= 0.3 is 0 Å². The Bertz CT molecular complexity index is 356. The third kappa shape index (κ3) is 4.10. The number of nitrogens with one attached hydrogen (secondary N) is 1. The predicted molar refractivity (Wildman–Crippen MR) is 81.8 cm³/mol. The normalized spacial score (nSPS) is 19.4. The lowest BCUT2D eigenvalue weighted by molar-refractivity contribution is 0.402. The minimum Gasteiger partial charge on any atom is -0.310 e. The minimum atomic E-state index is 0.434. The highest BCUT2D eigenvalue weighted by atomic mass is 79.9. The van der Waals surface area contributed by atoms with Crippen LogP contribution in [-0.2, 0) is 0 Å². The van der Waals surface area contributed by atoms with Gasteiger partial charge in [0, 0.05) is 10.5 Å². The molecule has 0 bridgehead atoms. The summed E-state index contributed by atoms with van der Waals surface area (Å²) in [7, 11) is 0. The van der Waals surface area contributed by atoms with Crippen LogP contribution in [-0.4, -0.2) is 6.54 Å². The molecule has 1 nitrogen and oxygen atoms in total. The molecule has 2 rings (SSSR count). The first-order valence-electron chi connectivity index (χ1n) is 7.25. The van der Waals surface area contributed by atoms with Crippen LogP contribution in [0.2, 0.25) is 0 Å². The van der Waals surface area contributed by atoms with E-state index in [1.165, 1.54) is 55.1 Å². The van der Waals surface area contributed by atoms with E-state index in [0.29, 0.717) is 6.04 Å². The summed E-state index contributed by atoms with van der Waals surface area (Å²) in [4.78, 5) is 0. The van der Waals surface area contributed by atoms with Crippen LogP contribution < -0.4 is 5.32 Å². The molecule has 0 heterocycles. The topological polar surface area (TPSA) is 12.0 Å². The van der Waals surface area contributed by atoms with Crippen molar-refractivity contribution >= 4 is 15.9 Å². The molecule has 18 heavy (non-hydrogen) atoms. The molecule has 0 spiro atoms. The Hall–Kier alpha value is -0.340. The minimum absolute atomic E-state index is 0.434. The van der Waals surface area contributed by atoms with E-state index < -0.39 is 0 Å². The summed E-state index contributed by atoms with van der Waals surface area (Å²) in [5.41, 5.74) is 1.37. The van der Waals surface area contributed by atoms with E-state index in [1.807, 2.05) is 0 Å². The number of hydrogen-bond acceptors (Lipinski definition) is 1. The smallest absolute Gasteiger partial charge is 0.0303 e. The van der Waals surface area contributed by atoms with Crippen molar-refractivity contribution in [2.75, 3.05) is 6.54 Å². The molecule has 0 amide bonds. The Balaban J connectivity index is 1.84. The lowest BCUT2D eigenvalue weighted by Gasteiger charge is -2.20. The standard InChI is InChI=1S/C16H24BrN/c1-13(15-10-6-7-11-16(15)17)18-12-14-8-4-2-3-5-9-14/h6-7,10-11,13-14,18H,2-5,8-9,12H2,1H3/t13-/m1/s1. The van der Waals surface area contributed by atoms with Gasteiger partial charge in [-0.15, -0.1) is 0 Å².